The molecule has 2 aromatic carbocycles. The standard InChI is InChI=1S/C28H27.Zr/c1-2-7-19(6-1)27-21-12-18-13-22(27)17-28(15-18,16-21)26-11-5-10-24-23-9-4-3-8-20(23)14-25(24)26;/h1-6,8-11,18,21,27H,7,12-17H2;/q-1;. The molecule has 2 aromatic rings. The van der Waals surface area contributed by atoms with E-state index in [-0.39, 0.29) is 26.2 Å². The Labute approximate surface area is 193 Å². The van der Waals surface area contributed by atoms with Crippen molar-refractivity contribution >= 4 is 0 Å². The summed E-state index contributed by atoms with van der Waals surface area (Å²) in [6, 6.07) is 16.3. The summed E-state index contributed by atoms with van der Waals surface area (Å²) in [4.78, 5) is 0. The molecular formula is C28H27Zr-. The average Bonchev–Trinajstić information content (AvgIpc) is 3.34. The molecule has 0 amide bonds. The molecular weight excluding hydrogens is 428 g/mol. The molecule has 6 aliphatic carbocycles. The van der Waals surface area contributed by atoms with Crippen molar-refractivity contribution in [3.8, 4) is 11.1 Å². The smallest absolute Gasteiger partial charge is 0 e. The topological polar surface area (TPSA) is 0 Å². The van der Waals surface area contributed by atoms with Crippen molar-refractivity contribution in [1.29, 1.82) is 0 Å². The van der Waals surface area contributed by atoms with Crippen molar-refractivity contribution in [3.05, 3.63) is 88.9 Å². The van der Waals surface area contributed by atoms with Crippen molar-refractivity contribution in [2.24, 2.45) is 17.8 Å². The van der Waals surface area contributed by atoms with Crippen LogP contribution in [0.2, 0.25) is 0 Å². The van der Waals surface area contributed by atoms with E-state index in [1.165, 1.54) is 55.2 Å². The second kappa shape index (κ2) is 6.65. The second-order valence-corrected chi connectivity index (χ2v) is 10.1. The fraction of sp³-hybridized carbons (Fsp3) is 0.393. The Morgan fingerprint density at radius 3 is 2.72 bits per heavy atom. The Balaban J connectivity index is 0.00000165. The number of hydrogen-bond acceptors (Lipinski definition) is 0. The van der Waals surface area contributed by atoms with Gasteiger partial charge in [-0.2, -0.15) is 12.8 Å². The van der Waals surface area contributed by atoms with Crippen LogP contribution < -0.4 is 0 Å². The summed E-state index contributed by atoms with van der Waals surface area (Å²) < 4.78 is 0. The van der Waals surface area contributed by atoms with Gasteiger partial charge in [-0.1, -0.05) is 84.5 Å². The molecule has 4 atom stereocenters. The Hall–Kier alpha value is -1.20. The molecule has 4 saturated carbocycles. The van der Waals surface area contributed by atoms with E-state index in [1.807, 2.05) is 5.92 Å². The van der Waals surface area contributed by atoms with Crippen LogP contribution in [0.3, 0.4) is 0 Å². The molecule has 6 aliphatic rings. The monoisotopic (exact) mass is 453 g/mol. The minimum absolute atomic E-state index is 0. The van der Waals surface area contributed by atoms with E-state index in [4.69, 9.17) is 0 Å². The Kier molecular flexibility index (Phi) is 4.26. The first-order chi connectivity index (χ1) is 13.8. The molecule has 8 rings (SSSR count). The first-order valence-corrected chi connectivity index (χ1v) is 11.2. The van der Waals surface area contributed by atoms with Crippen LogP contribution in [0, 0.1) is 23.7 Å². The van der Waals surface area contributed by atoms with E-state index < -0.39 is 0 Å². The van der Waals surface area contributed by atoms with Crippen LogP contribution in [0.1, 0.15) is 55.2 Å². The molecule has 4 unspecified atom stereocenters. The van der Waals surface area contributed by atoms with Gasteiger partial charge in [0.1, 0.15) is 0 Å². The third-order valence-electron chi connectivity index (χ3n) is 8.62. The third-order valence-corrected chi connectivity index (χ3v) is 8.62. The third kappa shape index (κ3) is 2.59. The predicted octanol–water partition coefficient (Wildman–Crippen LogP) is 6.79. The van der Waals surface area contributed by atoms with Gasteiger partial charge in [0, 0.05) is 26.2 Å². The van der Waals surface area contributed by atoms with E-state index in [1.54, 1.807) is 16.7 Å². The first-order valence-electron chi connectivity index (χ1n) is 11.2. The van der Waals surface area contributed by atoms with Crippen molar-refractivity contribution in [3.63, 3.8) is 0 Å². The zero-order valence-electron chi connectivity index (χ0n) is 17.0. The van der Waals surface area contributed by atoms with Gasteiger partial charge in [-0.05, 0) is 58.9 Å². The number of rotatable bonds is 2. The van der Waals surface area contributed by atoms with Crippen LogP contribution in [-0.4, -0.2) is 0 Å². The Bertz CT molecular complexity index is 1030. The molecule has 0 nitrogen and oxygen atoms in total. The van der Waals surface area contributed by atoms with Crippen LogP contribution in [0.4, 0.5) is 0 Å². The largest absolute Gasteiger partial charge is 0.305 e. The van der Waals surface area contributed by atoms with Crippen LogP contribution in [0.15, 0.2) is 66.3 Å². The molecule has 4 bridgehead atoms. The summed E-state index contributed by atoms with van der Waals surface area (Å²) in [5, 5.41) is 0. The molecule has 4 fully saturated rings. The summed E-state index contributed by atoms with van der Waals surface area (Å²) >= 11 is 0. The fourth-order valence-corrected chi connectivity index (χ4v) is 7.96. The number of fused-ring (bicyclic) bond motifs is 3. The Morgan fingerprint density at radius 1 is 0.966 bits per heavy atom. The second-order valence-electron chi connectivity index (χ2n) is 10.1. The van der Waals surface area contributed by atoms with Gasteiger partial charge in [-0.15, -0.1) is 5.92 Å². The Morgan fingerprint density at radius 2 is 1.86 bits per heavy atom. The van der Waals surface area contributed by atoms with E-state index in [0.29, 0.717) is 5.41 Å². The van der Waals surface area contributed by atoms with Gasteiger partial charge >= 0.3 is 0 Å². The molecule has 0 radical (unpaired) electrons. The van der Waals surface area contributed by atoms with Gasteiger partial charge in [0.05, 0.1) is 0 Å². The maximum Gasteiger partial charge on any atom is 0 e. The van der Waals surface area contributed by atoms with Crippen LogP contribution in [-0.2, 0) is 38.0 Å². The molecule has 1 heteroatoms. The van der Waals surface area contributed by atoms with Gasteiger partial charge in [0.25, 0.3) is 0 Å². The molecule has 0 heterocycles. The van der Waals surface area contributed by atoms with Gasteiger partial charge in [-0.25, -0.2) is 0 Å². The van der Waals surface area contributed by atoms with Gasteiger partial charge < -0.3 is 5.92 Å². The number of benzene rings is 2. The van der Waals surface area contributed by atoms with Crippen LogP contribution in [0.5, 0.6) is 0 Å². The minimum atomic E-state index is 0. The van der Waals surface area contributed by atoms with Gasteiger partial charge in [0.2, 0.25) is 0 Å². The average molecular weight is 455 g/mol. The SMILES string of the molecule is C1=CCC(C2[C-]3CC4CC2CC(c2cccc5c2Cc2ccccc2-5)(C3)C4)=C1.[Zr]. The molecule has 0 saturated heterocycles. The maximum absolute atomic E-state index is 2.50. The summed E-state index contributed by atoms with van der Waals surface area (Å²) in [7, 11) is 0. The van der Waals surface area contributed by atoms with Crippen molar-refractivity contribution < 1.29 is 26.2 Å². The summed E-state index contributed by atoms with van der Waals surface area (Å²) in [6.45, 7) is 0. The van der Waals surface area contributed by atoms with Crippen molar-refractivity contribution in [2.45, 2.75) is 50.4 Å². The van der Waals surface area contributed by atoms with Gasteiger partial charge in [0.15, 0.2) is 0 Å². The molecule has 0 spiro atoms. The van der Waals surface area contributed by atoms with E-state index in [2.05, 4.69) is 60.7 Å². The van der Waals surface area contributed by atoms with Gasteiger partial charge in [-0.3, -0.25) is 0 Å². The summed E-state index contributed by atoms with van der Waals surface area (Å²) in [6.07, 6.45) is 16.5. The normalized spacial score (nSPS) is 33.4. The molecule has 0 aliphatic heterocycles. The van der Waals surface area contributed by atoms with Crippen molar-refractivity contribution in [1.82, 2.24) is 0 Å². The van der Waals surface area contributed by atoms with Crippen LogP contribution >= 0.6 is 0 Å². The molecule has 144 valence electrons. The van der Waals surface area contributed by atoms with Crippen LogP contribution in [0.25, 0.3) is 11.1 Å². The summed E-state index contributed by atoms with van der Waals surface area (Å²) in [5.74, 6) is 4.53. The maximum atomic E-state index is 2.50. The first kappa shape index (κ1) is 18.6. The van der Waals surface area contributed by atoms with Crippen molar-refractivity contribution in [2.75, 3.05) is 0 Å². The number of allylic oxidation sites excluding steroid dienone is 4. The molecule has 0 N–H and O–H groups in total. The zero-order chi connectivity index (χ0) is 18.3. The molecule has 0 aromatic heterocycles. The van der Waals surface area contributed by atoms with E-state index in [9.17, 15) is 0 Å². The zero-order valence-corrected chi connectivity index (χ0v) is 19.4. The quantitative estimate of drug-likeness (QED) is 0.374. The number of hydrogen-bond donors (Lipinski definition) is 0. The van der Waals surface area contributed by atoms with E-state index in [0.717, 1.165) is 24.2 Å². The predicted molar refractivity (Wildman–Crippen MR) is 115 cm³/mol. The van der Waals surface area contributed by atoms with E-state index >= 15 is 0 Å². The minimum Gasteiger partial charge on any atom is -0.305 e. The fourth-order valence-electron chi connectivity index (χ4n) is 7.96. The summed E-state index contributed by atoms with van der Waals surface area (Å²) in [5.41, 5.74) is 10.1. The molecule has 29 heavy (non-hydrogen) atoms.